The van der Waals surface area contributed by atoms with Crippen LogP contribution >= 0.6 is 0 Å². The monoisotopic (exact) mass is 210 g/mol. The van der Waals surface area contributed by atoms with Gasteiger partial charge in [-0.25, -0.2) is 0 Å². The van der Waals surface area contributed by atoms with E-state index in [1.807, 2.05) is 19.0 Å². The van der Waals surface area contributed by atoms with E-state index in [4.69, 9.17) is 10.5 Å². The normalized spacial score (nSPS) is 12.8. The maximum atomic E-state index is 9.54. The third kappa shape index (κ3) is 4.67. The van der Waals surface area contributed by atoms with Gasteiger partial charge >= 0.3 is 0 Å². The lowest BCUT2D eigenvalue weighted by Gasteiger charge is -2.16. The van der Waals surface area contributed by atoms with Gasteiger partial charge in [0.15, 0.2) is 0 Å². The zero-order valence-electron chi connectivity index (χ0n) is 9.18. The summed E-state index contributed by atoms with van der Waals surface area (Å²) in [5.74, 6) is 0.724. The molecule has 0 fully saturated rings. The molecule has 0 saturated heterocycles. The quantitative estimate of drug-likeness (QED) is 0.698. The van der Waals surface area contributed by atoms with E-state index >= 15 is 0 Å². The van der Waals surface area contributed by atoms with E-state index < -0.39 is 6.10 Å². The molecule has 0 radical (unpaired) electrons. The molecule has 0 heterocycles. The predicted molar refractivity (Wildman–Crippen MR) is 60.9 cm³/mol. The average molecular weight is 210 g/mol. The van der Waals surface area contributed by atoms with Crippen molar-refractivity contribution in [3.63, 3.8) is 0 Å². The van der Waals surface area contributed by atoms with Crippen molar-refractivity contribution < 1.29 is 9.84 Å². The maximum Gasteiger partial charge on any atom is 0.119 e. The lowest BCUT2D eigenvalue weighted by molar-refractivity contribution is 0.0831. The molecule has 1 atom stereocenters. The molecule has 0 aliphatic heterocycles. The molecule has 0 amide bonds. The summed E-state index contributed by atoms with van der Waals surface area (Å²) in [6, 6.07) is 7.12. The largest absolute Gasteiger partial charge is 0.491 e. The summed E-state index contributed by atoms with van der Waals surface area (Å²) in [7, 11) is 3.82. The molecule has 1 unspecified atom stereocenters. The van der Waals surface area contributed by atoms with Gasteiger partial charge in [-0.15, -0.1) is 0 Å². The molecule has 0 spiro atoms. The number of hydrogen-bond donors (Lipinski definition) is 2. The van der Waals surface area contributed by atoms with Crippen LogP contribution in [0, 0.1) is 0 Å². The summed E-state index contributed by atoms with van der Waals surface area (Å²) in [5.41, 5.74) is 6.24. The Morgan fingerprint density at radius 2 is 1.93 bits per heavy atom. The Labute approximate surface area is 90.3 Å². The first-order valence-corrected chi connectivity index (χ1v) is 4.89. The number of anilines is 1. The highest BCUT2D eigenvalue weighted by atomic mass is 16.5. The molecule has 84 valence electrons. The molecule has 15 heavy (non-hydrogen) atoms. The van der Waals surface area contributed by atoms with Gasteiger partial charge in [-0.1, -0.05) is 0 Å². The first kappa shape index (κ1) is 11.8. The Bertz CT molecular complexity index is 285. The molecule has 1 rings (SSSR count). The fourth-order valence-corrected chi connectivity index (χ4v) is 1.23. The van der Waals surface area contributed by atoms with Crippen LogP contribution in [-0.4, -0.2) is 43.4 Å². The van der Waals surface area contributed by atoms with E-state index in [1.165, 1.54) is 0 Å². The molecule has 3 N–H and O–H groups in total. The number of aliphatic hydroxyl groups is 1. The van der Waals surface area contributed by atoms with Crippen molar-refractivity contribution in [3.8, 4) is 5.75 Å². The van der Waals surface area contributed by atoms with Crippen molar-refractivity contribution in [1.29, 1.82) is 0 Å². The van der Waals surface area contributed by atoms with E-state index in [-0.39, 0.29) is 0 Å². The molecule has 1 aromatic rings. The highest BCUT2D eigenvalue weighted by Crippen LogP contribution is 2.13. The molecule has 1 aromatic carbocycles. The van der Waals surface area contributed by atoms with E-state index in [2.05, 4.69) is 0 Å². The molecule has 4 heteroatoms. The van der Waals surface area contributed by atoms with Crippen LogP contribution in [0.1, 0.15) is 0 Å². The molecule has 0 bridgehead atoms. The maximum absolute atomic E-state index is 9.54. The van der Waals surface area contributed by atoms with Crippen LogP contribution in [0.5, 0.6) is 5.75 Å². The Morgan fingerprint density at radius 1 is 1.33 bits per heavy atom. The standard InChI is InChI=1S/C11H18N2O2/c1-13(2)7-10(14)8-15-11-5-3-9(12)4-6-11/h3-6,10,14H,7-8,12H2,1-2H3. The van der Waals surface area contributed by atoms with Crippen molar-refractivity contribution in [3.05, 3.63) is 24.3 Å². The Hall–Kier alpha value is -1.26. The van der Waals surface area contributed by atoms with Crippen LogP contribution in [0.15, 0.2) is 24.3 Å². The topological polar surface area (TPSA) is 58.7 Å². The van der Waals surface area contributed by atoms with Crippen LogP contribution in [0.25, 0.3) is 0 Å². The average Bonchev–Trinajstić information content (AvgIpc) is 2.16. The first-order chi connectivity index (χ1) is 7.08. The minimum absolute atomic E-state index is 0.294. The van der Waals surface area contributed by atoms with E-state index in [1.54, 1.807) is 24.3 Å². The summed E-state index contributed by atoms with van der Waals surface area (Å²) < 4.78 is 5.39. The van der Waals surface area contributed by atoms with E-state index in [0.717, 1.165) is 5.75 Å². The van der Waals surface area contributed by atoms with Gasteiger partial charge in [0.2, 0.25) is 0 Å². The van der Waals surface area contributed by atoms with Gasteiger partial charge < -0.3 is 20.5 Å². The van der Waals surface area contributed by atoms with Gasteiger partial charge in [0.05, 0.1) is 0 Å². The molecule has 0 saturated carbocycles. The molecule has 0 aromatic heterocycles. The first-order valence-electron chi connectivity index (χ1n) is 4.89. The second-order valence-corrected chi connectivity index (χ2v) is 3.80. The SMILES string of the molecule is CN(C)CC(O)COc1ccc(N)cc1. The van der Waals surface area contributed by atoms with E-state index in [9.17, 15) is 5.11 Å². The lowest BCUT2D eigenvalue weighted by atomic mass is 10.3. The Kier molecular flexibility index (Phi) is 4.39. The van der Waals surface area contributed by atoms with Gasteiger partial charge in [-0.05, 0) is 38.4 Å². The van der Waals surface area contributed by atoms with Gasteiger partial charge in [0.1, 0.15) is 18.5 Å². The summed E-state index contributed by atoms with van der Waals surface area (Å²) >= 11 is 0. The molecule has 0 aliphatic rings. The minimum atomic E-state index is -0.474. The summed E-state index contributed by atoms with van der Waals surface area (Å²) in [6.45, 7) is 0.886. The second kappa shape index (κ2) is 5.58. The summed E-state index contributed by atoms with van der Waals surface area (Å²) in [4.78, 5) is 1.91. The highest BCUT2D eigenvalue weighted by Gasteiger charge is 2.06. The number of benzene rings is 1. The van der Waals surface area contributed by atoms with Crippen molar-refractivity contribution in [2.75, 3.05) is 33.0 Å². The van der Waals surface area contributed by atoms with Crippen LogP contribution in [0.4, 0.5) is 5.69 Å². The highest BCUT2D eigenvalue weighted by molar-refractivity contribution is 5.41. The Balaban J connectivity index is 2.33. The minimum Gasteiger partial charge on any atom is -0.491 e. The van der Waals surface area contributed by atoms with Crippen LogP contribution in [0.2, 0.25) is 0 Å². The number of nitrogen functional groups attached to an aromatic ring is 1. The van der Waals surface area contributed by atoms with Gasteiger partial charge in [0.25, 0.3) is 0 Å². The van der Waals surface area contributed by atoms with E-state index in [0.29, 0.717) is 18.8 Å². The lowest BCUT2D eigenvalue weighted by Crippen LogP contribution is -2.30. The summed E-state index contributed by atoms with van der Waals surface area (Å²) in [5, 5.41) is 9.54. The van der Waals surface area contributed by atoms with Crippen LogP contribution in [0.3, 0.4) is 0 Å². The van der Waals surface area contributed by atoms with Crippen LogP contribution in [-0.2, 0) is 0 Å². The number of ether oxygens (including phenoxy) is 1. The van der Waals surface area contributed by atoms with Crippen molar-refractivity contribution in [2.24, 2.45) is 0 Å². The molecule has 0 aliphatic carbocycles. The third-order valence-electron chi connectivity index (χ3n) is 1.90. The van der Waals surface area contributed by atoms with Crippen molar-refractivity contribution in [2.45, 2.75) is 6.10 Å². The number of nitrogens with two attached hydrogens (primary N) is 1. The molecule has 4 nitrogen and oxygen atoms in total. The second-order valence-electron chi connectivity index (χ2n) is 3.80. The Morgan fingerprint density at radius 3 is 2.47 bits per heavy atom. The number of nitrogens with zero attached hydrogens (tertiary/aromatic N) is 1. The number of rotatable bonds is 5. The van der Waals surface area contributed by atoms with Crippen molar-refractivity contribution >= 4 is 5.69 Å². The van der Waals surface area contributed by atoms with Crippen LogP contribution < -0.4 is 10.5 Å². The smallest absolute Gasteiger partial charge is 0.119 e. The molecular formula is C11H18N2O2. The van der Waals surface area contributed by atoms with Gasteiger partial charge in [0, 0.05) is 12.2 Å². The van der Waals surface area contributed by atoms with Gasteiger partial charge in [-0.3, -0.25) is 0 Å². The number of likely N-dealkylation sites (N-methyl/N-ethyl adjacent to an activating group) is 1. The molecular weight excluding hydrogens is 192 g/mol. The fourth-order valence-electron chi connectivity index (χ4n) is 1.23. The number of hydrogen-bond acceptors (Lipinski definition) is 4. The summed E-state index contributed by atoms with van der Waals surface area (Å²) in [6.07, 6.45) is -0.474. The predicted octanol–water partition coefficient (Wildman–Crippen LogP) is 0.570. The zero-order chi connectivity index (χ0) is 11.3. The van der Waals surface area contributed by atoms with Crippen molar-refractivity contribution in [1.82, 2.24) is 4.90 Å². The number of aliphatic hydroxyl groups excluding tert-OH is 1. The zero-order valence-corrected chi connectivity index (χ0v) is 9.18. The van der Waals surface area contributed by atoms with Gasteiger partial charge in [-0.2, -0.15) is 0 Å². The fraction of sp³-hybridized carbons (Fsp3) is 0.455. The third-order valence-corrected chi connectivity index (χ3v) is 1.90.